The smallest absolute Gasteiger partial charge is 0.550 e. The van der Waals surface area contributed by atoms with Crippen LogP contribution in [0.3, 0.4) is 0 Å². The molecule has 45 heavy (non-hydrogen) atoms. The van der Waals surface area contributed by atoms with Gasteiger partial charge < -0.3 is 23.9 Å². The van der Waals surface area contributed by atoms with E-state index in [4.69, 9.17) is 9.47 Å². The Morgan fingerprint density at radius 1 is 0.933 bits per heavy atom. The van der Waals surface area contributed by atoms with Gasteiger partial charge in [-0.25, -0.2) is 4.98 Å². The van der Waals surface area contributed by atoms with Gasteiger partial charge in [-0.2, -0.15) is 0 Å². The first-order valence-electron chi connectivity index (χ1n) is 14.6. The molecule has 0 aliphatic heterocycles. The van der Waals surface area contributed by atoms with Crippen molar-refractivity contribution in [3.05, 3.63) is 102 Å². The molecule has 0 atom stereocenters. The average Bonchev–Trinajstić information content (AvgIpc) is 3.26. The van der Waals surface area contributed by atoms with E-state index in [9.17, 15) is 9.90 Å². The van der Waals surface area contributed by atoms with E-state index in [0.717, 1.165) is 49.6 Å². The summed E-state index contributed by atoms with van der Waals surface area (Å²) in [6, 6.07) is 24.1. The van der Waals surface area contributed by atoms with Crippen molar-refractivity contribution in [1.82, 2.24) is 14.5 Å². The molecule has 5 aromatic rings. The molecule has 9 heteroatoms. The molecule has 0 aliphatic rings. The predicted molar refractivity (Wildman–Crippen MR) is 174 cm³/mol. The van der Waals surface area contributed by atoms with Crippen LogP contribution in [0.1, 0.15) is 51.6 Å². The first kappa shape index (κ1) is 35.2. The number of ether oxygens (including phenoxy) is 2. The molecule has 0 amide bonds. The number of carbonyl (C=O) groups excluding carboxylic acids is 1. The van der Waals surface area contributed by atoms with E-state index in [-0.39, 0.29) is 56.1 Å². The third kappa shape index (κ3) is 8.78. The van der Waals surface area contributed by atoms with Gasteiger partial charge in [0.05, 0.1) is 12.8 Å². The van der Waals surface area contributed by atoms with Crippen LogP contribution in [0.4, 0.5) is 0 Å². The summed E-state index contributed by atoms with van der Waals surface area (Å²) in [4.78, 5) is 22.0. The standard InChI is InChI=1S/C36H39N3O4S.K/c1-35(2,3)44-33-29-19-28(43-23-27-9-7-8-18-37-27)15-16-30(29)39(31(33)20-36(4,5)34(40)41)22-24-10-12-25(13-11-24)26-14-17-32(42-6)38-21-26;/h7-19,21H,20,22-23H2,1-6H3,(H,40,41);/q;+1/p-1. The minimum Gasteiger partial charge on any atom is -0.550 e. The number of carboxylic acids is 1. The number of carboxylic acid groups (broad SMARTS) is 1. The van der Waals surface area contributed by atoms with Gasteiger partial charge in [-0.05, 0) is 53.9 Å². The van der Waals surface area contributed by atoms with E-state index >= 15 is 0 Å². The zero-order valence-corrected chi connectivity index (χ0v) is 31.0. The topological polar surface area (TPSA) is 89.3 Å². The van der Waals surface area contributed by atoms with Gasteiger partial charge in [0, 0.05) is 68.2 Å². The molecule has 0 unspecified atom stereocenters. The number of hydrogen-bond donors (Lipinski definition) is 0. The second-order valence-electron chi connectivity index (χ2n) is 12.5. The summed E-state index contributed by atoms with van der Waals surface area (Å²) in [6.07, 6.45) is 3.88. The maximum atomic E-state index is 12.2. The Kier molecular flexibility index (Phi) is 11.6. The number of carbonyl (C=O) groups is 1. The van der Waals surface area contributed by atoms with Gasteiger partial charge in [-0.1, -0.05) is 65.0 Å². The van der Waals surface area contributed by atoms with Gasteiger partial charge in [-0.15, -0.1) is 11.8 Å². The molecule has 2 aromatic carbocycles. The van der Waals surface area contributed by atoms with E-state index in [0.29, 0.717) is 25.5 Å². The van der Waals surface area contributed by atoms with Crippen LogP contribution >= 0.6 is 11.8 Å². The summed E-state index contributed by atoms with van der Waals surface area (Å²) in [5.74, 6) is 0.239. The van der Waals surface area contributed by atoms with Crippen LogP contribution in [0.15, 0.2) is 90.1 Å². The van der Waals surface area contributed by atoms with Gasteiger partial charge in [0.15, 0.2) is 0 Å². The van der Waals surface area contributed by atoms with E-state index in [1.54, 1.807) is 45.1 Å². The molecule has 228 valence electrons. The van der Waals surface area contributed by atoms with E-state index in [2.05, 4.69) is 71.7 Å². The second-order valence-corrected chi connectivity index (χ2v) is 14.3. The number of benzene rings is 2. The molecule has 0 radical (unpaired) electrons. The van der Waals surface area contributed by atoms with Gasteiger partial charge in [0.2, 0.25) is 5.88 Å². The third-order valence-corrected chi connectivity index (χ3v) is 8.62. The summed E-state index contributed by atoms with van der Waals surface area (Å²) in [5.41, 5.74) is 4.93. The number of nitrogens with zero attached hydrogens (tertiary/aromatic N) is 3. The number of pyridine rings is 2. The Morgan fingerprint density at radius 3 is 2.27 bits per heavy atom. The first-order valence-corrected chi connectivity index (χ1v) is 15.4. The van der Waals surface area contributed by atoms with Gasteiger partial charge in [0.1, 0.15) is 12.4 Å². The van der Waals surface area contributed by atoms with Crippen LogP contribution in [0, 0.1) is 5.41 Å². The maximum Gasteiger partial charge on any atom is 1.00 e. The minimum absolute atomic E-state index is 0. The maximum absolute atomic E-state index is 12.2. The average molecular weight is 648 g/mol. The van der Waals surface area contributed by atoms with Crippen LogP contribution in [0.5, 0.6) is 11.6 Å². The third-order valence-electron chi connectivity index (χ3n) is 7.35. The van der Waals surface area contributed by atoms with Gasteiger partial charge >= 0.3 is 51.4 Å². The van der Waals surface area contributed by atoms with Crippen molar-refractivity contribution in [2.75, 3.05) is 7.11 Å². The fraction of sp³-hybridized carbons (Fsp3) is 0.306. The number of methoxy groups -OCH3 is 1. The molecular weight excluding hydrogens is 610 g/mol. The van der Waals surface area contributed by atoms with Crippen molar-refractivity contribution >= 4 is 28.6 Å². The zero-order valence-electron chi connectivity index (χ0n) is 27.1. The molecule has 3 aromatic heterocycles. The predicted octanol–water partition coefficient (Wildman–Crippen LogP) is 3.95. The van der Waals surface area contributed by atoms with Crippen LogP contribution in [0.25, 0.3) is 22.0 Å². The van der Waals surface area contributed by atoms with Crippen LogP contribution in [-0.4, -0.2) is 32.4 Å². The number of aliphatic carboxylic acids is 1. The van der Waals surface area contributed by atoms with Crippen LogP contribution in [0.2, 0.25) is 0 Å². The largest absolute Gasteiger partial charge is 1.00 e. The van der Waals surface area contributed by atoms with Crippen molar-refractivity contribution in [3.8, 4) is 22.8 Å². The van der Waals surface area contributed by atoms with Crippen molar-refractivity contribution < 1.29 is 70.8 Å². The summed E-state index contributed by atoms with van der Waals surface area (Å²) >= 11 is 1.75. The Morgan fingerprint density at radius 2 is 1.67 bits per heavy atom. The molecule has 0 spiro atoms. The quantitative estimate of drug-likeness (QED) is 0.159. The summed E-state index contributed by atoms with van der Waals surface area (Å²) < 4.78 is 13.5. The zero-order chi connectivity index (χ0) is 31.5. The molecule has 7 nitrogen and oxygen atoms in total. The van der Waals surface area contributed by atoms with Crippen molar-refractivity contribution in [3.63, 3.8) is 0 Å². The Bertz CT molecular complexity index is 1750. The normalized spacial score (nSPS) is 11.7. The molecule has 3 heterocycles. The number of rotatable bonds is 11. The number of fused-ring (bicyclic) bond motifs is 1. The Labute approximate surface area is 312 Å². The number of thioether (sulfide) groups is 1. The first-order chi connectivity index (χ1) is 20.9. The van der Waals surface area contributed by atoms with Gasteiger partial charge in [0.25, 0.3) is 0 Å². The van der Waals surface area contributed by atoms with Crippen molar-refractivity contribution in [1.29, 1.82) is 0 Å². The molecular formula is C36H38KN3O4S. The summed E-state index contributed by atoms with van der Waals surface area (Å²) in [7, 11) is 1.60. The minimum atomic E-state index is -1.07. The monoisotopic (exact) mass is 647 g/mol. The molecule has 0 N–H and O–H groups in total. The van der Waals surface area contributed by atoms with E-state index < -0.39 is 11.4 Å². The molecule has 5 rings (SSSR count). The van der Waals surface area contributed by atoms with E-state index in [1.165, 1.54) is 0 Å². The van der Waals surface area contributed by atoms with Crippen molar-refractivity contribution in [2.45, 2.75) is 63.8 Å². The summed E-state index contributed by atoms with van der Waals surface area (Å²) in [5, 5.41) is 13.3. The van der Waals surface area contributed by atoms with Crippen LogP contribution < -0.4 is 66.0 Å². The fourth-order valence-electron chi connectivity index (χ4n) is 5.01. The van der Waals surface area contributed by atoms with Gasteiger partial charge in [-0.3, -0.25) is 4.98 Å². The number of hydrogen-bond acceptors (Lipinski definition) is 7. The Hall–Kier alpha value is -2.66. The van der Waals surface area contributed by atoms with E-state index in [1.807, 2.05) is 36.4 Å². The van der Waals surface area contributed by atoms with Crippen molar-refractivity contribution in [2.24, 2.45) is 5.41 Å². The number of aromatic nitrogens is 3. The molecule has 0 bridgehead atoms. The van der Waals surface area contributed by atoms with Crippen LogP contribution in [-0.2, 0) is 24.4 Å². The molecule has 0 fully saturated rings. The molecule has 0 aliphatic carbocycles. The SMILES string of the molecule is COc1ccc(-c2ccc(Cn3c(CC(C)(C)C(=O)[O-])c(SC(C)(C)C)c4cc(OCc5ccccn5)ccc43)cc2)cn1.[K+]. The fourth-order valence-corrected chi connectivity index (χ4v) is 6.20. The summed E-state index contributed by atoms with van der Waals surface area (Å²) in [6.45, 7) is 10.9. The Balaban J connectivity index is 0.00000461. The molecule has 0 saturated carbocycles. The second kappa shape index (κ2) is 14.8. The molecule has 0 saturated heterocycles.